The molecule has 0 saturated carbocycles. The van der Waals surface area contributed by atoms with E-state index in [9.17, 15) is 14.7 Å². The number of benzene rings is 2. The van der Waals surface area contributed by atoms with Crippen molar-refractivity contribution in [1.82, 2.24) is 9.88 Å². The summed E-state index contributed by atoms with van der Waals surface area (Å²) in [5.41, 5.74) is 3.25. The van der Waals surface area contributed by atoms with Crippen molar-refractivity contribution in [2.75, 3.05) is 0 Å². The number of hydrogen-bond donors (Lipinski definition) is 1. The zero-order chi connectivity index (χ0) is 25.1. The molecule has 2 aromatic carbocycles. The highest BCUT2D eigenvalue weighted by Gasteiger charge is 2.46. The van der Waals surface area contributed by atoms with Crippen LogP contribution in [0, 0.1) is 6.92 Å². The van der Waals surface area contributed by atoms with Crippen LogP contribution >= 0.6 is 0 Å². The smallest absolute Gasteiger partial charge is 0.296 e. The summed E-state index contributed by atoms with van der Waals surface area (Å²) < 4.78 is 11.3. The Labute approximate surface area is 208 Å². The molecule has 7 nitrogen and oxygen atoms in total. The first-order valence-corrected chi connectivity index (χ1v) is 11.5. The molecule has 0 spiro atoms. The Balaban J connectivity index is 1.46. The average Bonchev–Trinajstić information content (AvgIpc) is 3.51. The van der Waals surface area contributed by atoms with Gasteiger partial charge >= 0.3 is 0 Å². The van der Waals surface area contributed by atoms with Crippen molar-refractivity contribution in [1.29, 1.82) is 0 Å². The summed E-state index contributed by atoms with van der Waals surface area (Å²) in [6, 6.07) is 20.9. The predicted octanol–water partition coefficient (Wildman–Crippen LogP) is 5.18. The van der Waals surface area contributed by atoms with E-state index in [1.54, 1.807) is 60.9 Å². The Hall–Kier alpha value is -4.65. The van der Waals surface area contributed by atoms with Gasteiger partial charge < -0.3 is 19.2 Å². The molecular weight excluding hydrogens is 456 g/mol. The van der Waals surface area contributed by atoms with E-state index in [1.807, 2.05) is 31.2 Å². The van der Waals surface area contributed by atoms with Gasteiger partial charge in [0.2, 0.25) is 0 Å². The monoisotopic (exact) mass is 480 g/mol. The molecule has 1 saturated heterocycles. The highest BCUT2D eigenvalue weighted by Crippen LogP contribution is 2.40. The van der Waals surface area contributed by atoms with Gasteiger partial charge in [-0.05, 0) is 66.1 Å². The van der Waals surface area contributed by atoms with Gasteiger partial charge in [-0.1, -0.05) is 30.3 Å². The number of nitrogens with zero attached hydrogens (tertiary/aromatic N) is 2. The molecule has 3 heterocycles. The molecule has 2 aromatic heterocycles. The third-order valence-corrected chi connectivity index (χ3v) is 6.23. The van der Waals surface area contributed by atoms with Crippen molar-refractivity contribution >= 4 is 17.4 Å². The summed E-state index contributed by atoms with van der Waals surface area (Å²) >= 11 is 0. The van der Waals surface area contributed by atoms with Crippen LogP contribution in [-0.4, -0.2) is 26.7 Å². The number of amides is 1. The molecule has 7 heteroatoms. The van der Waals surface area contributed by atoms with Gasteiger partial charge in [0.25, 0.3) is 11.7 Å². The number of ketones is 1. The Morgan fingerprint density at radius 1 is 1.03 bits per heavy atom. The highest BCUT2D eigenvalue weighted by molar-refractivity contribution is 6.46. The summed E-state index contributed by atoms with van der Waals surface area (Å²) in [4.78, 5) is 31.7. The maximum absolute atomic E-state index is 13.1. The molecule has 1 amide bonds. The predicted molar refractivity (Wildman–Crippen MR) is 133 cm³/mol. The van der Waals surface area contributed by atoms with Gasteiger partial charge in [0.1, 0.15) is 23.9 Å². The van der Waals surface area contributed by atoms with Crippen LogP contribution < -0.4 is 4.74 Å². The molecule has 1 aliphatic rings. The fraction of sp³-hybridized carbons (Fsp3) is 0.138. The molecule has 1 atom stereocenters. The Morgan fingerprint density at radius 2 is 1.83 bits per heavy atom. The molecule has 1 fully saturated rings. The topological polar surface area (TPSA) is 92.9 Å². The number of aryl methyl sites for hydroxylation is 1. The minimum absolute atomic E-state index is 0.00753. The first kappa shape index (κ1) is 23.1. The van der Waals surface area contributed by atoms with E-state index in [-0.39, 0.29) is 17.9 Å². The summed E-state index contributed by atoms with van der Waals surface area (Å²) in [6.45, 7) is 2.52. The van der Waals surface area contributed by atoms with Crippen LogP contribution in [-0.2, 0) is 22.7 Å². The quantitative estimate of drug-likeness (QED) is 0.222. The van der Waals surface area contributed by atoms with Crippen LogP contribution in [0.1, 0.15) is 34.1 Å². The van der Waals surface area contributed by atoms with Crippen LogP contribution in [0.5, 0.6) is 5.75 Å². The lowest BCUT2D eigenvalue weighted by Crippen LogP contribution is -2.29. The molecule has 0 radical (unpaired) electrons. The standard InChI is InChI=1S/C29H24N2O5/c1-19-6-2-3-7-22(19)18-36-23-12-10-20(11-13-23)27(32)25-26(21-8-4-14-30-16-21)31(29(34)28(25)33)17-24-9-5-15-35-24/h2-16,26,32H,17-18H2,1H3/t26-/m0/s1. The molecule has 36 heavy (non-hydrogen) atoms. The zero-order valence-corrected chi connectivity index (χ0v) is 19.6. The van der Waals surface area contributed by atoms with Crippen LogP contribution in [0.2, 0.25) is 0 Å². The Morgan fingerprint density at radius 3 is 2.53 bits per heavy atom. The molecule has 4 aromatic rings. The van der Waals surface area contributed by atoms with Crippen LogP contribution in [0.3, 0.4) is 0 Å². The number of furan rings is 1. The zero-order valence-electron chi connectivity index (χ0n) is 19.6. The summed E-state index contributed by atoms with van der Waals surface area (Å²) in [5, 5.41) is 11.2. The van der Waals surface area contributed by atoms with E-state index in [2.05, 4.69) is 4.98 Å². The van der Waals surface area contributed by atoms with Gasteiger partial charge in [0.05, 0.1) is 24.4 Å². The van der Waals surface area contributed by atoms with E-state index in [1.165, 1.54) is 11.2 Å². The third kappa shape index (κ3) is 4.51. The number of carbonyl (C=O) groups excluding carboxylic acids is 2. The lowest BCUT2D eigenvalue weighted by Gasteiger charge is -2.24. The minimum Gasteiger partial charge on any atom is -0.507 e. The Kier molecular flexibility index (Phi) is 6.36. The van der Waals surface area contributed by atoms with Crippen molar-refractivity contribution < 1.29 is 23.8 Å². The molecule has 180 valence electrons. The number of pyridine rings is 1. The van der Waals surface area contributed by atoms with Crippen molar-refractivity contribution in [3.05, 3.63) is 125 Å². The van der Waals surface area contributed by atoms with E-state index >= 15 is 0 Å². The number of aliphatic hydroxyl groups is 1. The SMILES string of the molecule is Cc1ccccc1COc1ccc(C(O)=C2C(=O)C(=O)N(Cc3ccco3)[C@H]2c2cccnc2)cc1. The minimum atomic E-state index is -0.805. The number of carbonyl (C=O) groups is 2. The van der Waals surface area contributed by atoms with Gasteiger partial charge in [-0.25, -0.2) is 0 Å². The molecule has 5 rings (SSSR count). The van der Waals surface area contributed by atoms with Gasteiger partial charge in [0, 0.05) is 18.0 Å². The summed E-state index contributed by atoms with van der Waals surface area (Å²) in [6.07, 6.45) is 4.70. The second kappa shape index (κ2) is 9.92. The van der Waals surface area contributed by atoms with E-state index in [0.29, 0.717) is 29.2 Å². The summed E-state index contributed by atoms with van der Waals surface area (Å²) in [5.74, 6) is -0.569. The highest BCUT2D eigenvalue weighted by atomic mass is 16.5. The van der Waals surface area contributed by atoms with Gasteiger partial charge in [-0.15, -0.1) is 0 Å². The third-order valence-electron chi connectivity index (χ3n) is 6.23. The van der Waals surface area contributed by atoms with Crippen molar-refractivity contribution in [3.8, 4) is 5.75 Å². The van der Waals surface area contributed by atoms with Gasteiger partial charge in [0.15, 0.2) is 0 Å². The maximum atomic E-state index is 13.1. The number of aromatic nitrogens is 1. The molecule has 1 aliphatic heterocycles. The second-order valence-electron chi connectivity index (χ2n) is 8.53. The number of likely N-dealkylation sites (tertiary alicyclic amines) is 1. The van der Waals surface area contributed by atoms with Crippen LogP contribution in [0.25, 0.3) is 5.76 Å². The lowest BCUT2D eigenvalue weighted by molar-refractivity contribution is -0.140. The van der Waals surface area contributed by atoms with Crippen LogP contribution in [0.15, 0.2) is 101 Å². The molecule has 0 bridgehead atoms. The molecule has 1 N–H and O–H groups in total. The fourth-order valence-electron chi connectivity index (χ4n) is 4.30. The van der Waals surface area contributed by atoms with Crippen molar-refractivity contribution in [3.63, 3.8) is 0 Å². The second-order valence-corrected chi connectivity index (χ2v) is 8.53. The van der Waals surface area contributed by atoms with E-state index in [4.69, 9.17) is 9.15 Å². The Bertz CT molecular complexity index is 1410. The number of rotatable bonds is 7. The molecular formula is C29H24N2O5. The number of Topliss-reactive ketones (excluding diaryl/α,β-unsaturated/α-hetero) is 1. The van der Waals surface area contributed by atoms with Crippen LogP contribution in [0.4, 0.5) is 0 Å². The fourth-order valence-corrected chi connectivity index (χ4v) is 4.30. The number of aliphatic hydroxyl groups excluding tert-OH is 1. The molecule has 0 aliphatic carbocycles. The number of hydrogen-bond acceptors (Lipinski definition) is 6. The lowest BCUT2D eigenvalue weighted by atomic mass is 9.96. The number of ether oxygens (including phenoxy) is 1. The normalized spacial score (nSPS) is 16.9. The first-order chi connectivity index (χ1) is 17.5. The van der Waals surface area contributed by atoms with E-state index < -0.39 is 17.7 Å². The largest absolute Gasteiger partial charge is 0.507 e. The van der Waals surface area contributed by atoms with Crippen molar-refractivity contribution in [2.24, 2.45) is 0 Å². The average molecular weight is 481 g/mol. The first-order valence-electron chi connectivity index (χ1n) is 11.5. The van der Waals surface area contributed by atoms with Gasteiger partial charge in [-0.2, -0.15) is 0 Å². The summed E-state index contributed by atoms with van der Waals surface area (Å²) in [7, 11) is 0. The van der Waals surface area contributed by atoms with E-state index in [0.717, 1.165) is 11.1 Å². The maximum Gasteiger partial charge on any atom is 0.296 e. The van der Waals surface area contributed by atoms with Gasteiger partial charge in [-0.3, -0.25) is 14.6 Å². The van der Waals surface area contributed by atoms with Crippen molar-refractivity contribution in [2.45, 2.75) is 26.1 Å². The molecule has 0 unspecified atom stereocenters.